The summed E-state index contributed by atoms with van der Waals surface area (Å²) >= 11 is 0. The number of hydrogen-bond donors (Lipinski definition) is 2. The van der Waals surface area contributed by atoms with Gasteiger partial charge in [0.25, 0.3) is 0 Å². The second-order valence-corrected chi connectivity index (χ2v) is 6.96. The Hall–Kier alpha value is -2.20. The van der Waals surface area contributed by atoms with Crippen LogP contribution in [0.2, 0.25) is 0 Å². The number of amides is 1. The minimum absolute atomic E-state index is 0.120. The molecule has 28 heavy (non-hydrogen) atoms. The van der Waals surface area contributed by atoms with E-state index in [4.69, 9.17) is 14.6 Å². The molecule has 0 aliphatic carbocycles. The van der Waals surface area contributed by atoms with Gasteiger partial charge in [-0.3, -0.25) is 14.7 Å². The summed E-state index contributed by atoms with van der Waals surface area (Å²) in [6.07, 6.45) is -0.765. The number of alkyl halides is 3. The Bertz CT molecular complexity index is 657. The van der Waals surface area contributed by atoms with Gasteiger partial charge in [-0.15, -0.1) is 0 Å². The third kappa shape index (κ3) is 6.45. The Labute approximate surface area is 160 Å². The fraction of sp³-hybridized carbons (Fsp3) is 0.611. The van der Waals surface area contributed by atoms with Crippen molar-refractivity contribution < 1.29 is 32.6 Å². The molecule has 156 valence electrons. The number of nitrogens with zero attached hydrogens (tertiary/aromatic N) is 2. The number of pyridine rings is 1. The predicted molar refractivity (Wildman–Crippen MR) is 93.2 cm³/mol. The maximum atomic E-state index is 11.7. The fourth-order valence-electron chi connectivity index (χ4n) is 3.62. The molecule has 1 aromatic rings. The lowest BCUT2D eigenvalue weighted by Crippen LogP contribution is -2.37. The quantitative estimate of drug-likeness (QED) is 0.793. The van der Waals surface area contributed by atoms with Crippen LogP contribution in [-0.2, 0) is 20.9 Å². The lowest BCUT2D eigenvalue weighted by Gasteiger charge is -2.32. The maximum Gasteiger partial charge on any atom is 0.490 e. The number of hydrogen-bond acceptors (Lipinski definition) is 5. The van der Waals surface area contributed by atoms with Crippen LogP contribution in [0.15, 0.2) is 24.5 Å². The van der Waals surface area contributed by atoms with E-state index >= 15 is 0 Å². The number of carboxylic acids is 1. The van der Waals surface area contributed by atoms with Gasteiger partial charge >= 0.3 is 12.1 Å². The van der Waals surface area contributed by atoms with Crippen LogP contribution in [0.1, 0.15) is 12.0 Å². The monoisotopic (exact) mass is 403 g/mol. The maximum absolute atomic E-state index is 11.7. The molecule has 0 aromatic carbocycles. The van der Waals surface area contributed by atoms with E-state index in [0.717, 1.165) is 32.8 Å². The summed E-state index contributed by atoms with van der Waals surface area (Å²) in [4.78, 5) is 27.2. The lowest BCUT2D eigenvalue weighted by molar-refractivity contribution is -0.192. The number of aromatic nitrogens is 1. The minimum Gasteiger partial charge on any atom is -0.475 e. The number of rotatable bonds is 4. The van der Waals surface area contributed by atoms with Gasteiger partial charge in [0.2, 0.25) is 5.91 Å². The van der Waals surface area contributed by atoms with Crippen LogP contribution in [0.25, 0.3) is 0 Å². The number of carbonyl (C=O) groups excluding carboxylic acids is 1. The van der Waals surface area contributed by atoms with E-state index in [2.05, 4.69) is 21.3 Å². The molecular formula is C18H24F3N3O4. The van der Waals surface area contributed by atoms with Crippen LogP contribution < -0.4 is 5.32 Å². The van der Waals surface area contributed by atoms with Crippen molar-refractivity contribution in [1.29, 1.82) is 0 Å². The molecule has 3 atom stereocenters. The lowest BCUT2D eigenvalue weighted by atomic mass is 9.81. The molecule has 2 aliphatic heterocycles. The molecule has 0 radical (unpaired) electrons. The van der Waals surface area contributed by atoms with E-state index in [1.807, 2.05) is 12.3 Å². The number of likely N-dealkylation sites (tertiary alicyclic amines) is 1. The molecule has 7 nitrogen and oxygen atoms in total. The highest BCUT2D eigenvalue weighted by Crippen LogP contribution is 2.36. The first-order chi connectivity index (χ1) is 13.2. The molecule has 1 amide bonds. The Morgan fingerprint density at radius 1 is 1.36 bits per heavy atom. The summed E-state index contributed by atoms with van der Waals surface area (Å²) in [6, 6.07) is 4.10. The van der Waals surface area contributed by atoms with Crippen LogP contribution >= 0.6 is 0 Å². The molecule has 2 fully saturated rings. The molecule has 0 unspecified atom stereocenters. The molecule has 2 N–H and O–H groups in total. The highest BCUT2D eigenvalue weighted by atomic mass is 19.4. The molecule has 1 aromatic heterocycles. The van der Waals surface area contributed by atoms with Gasteiger partial charge in [0, 0.05) is 45.5 Å². The number of fused-ring (bicyclic) bond motifs is 1. The van der Waals surface area contributed by atoms with Gasteiger partial charge < -0.3 is 15.2 Å². The highest BCUT2D eigenvalue weighted by Gasteiger charge is 2.41. The zero-order chi connectivity index (χ0) is 20.7. The summed E-state index contributed by atoms with van der Waals surface area (Å²) in [7, 11) is 1.70. The molecule has 0 bridgehead atoms. The zero-order valence-corrected chi connectivity index (χ0v) is 15.5. The van der Waals surface area contributed by atoms with Gasteiger partial charge in [-0.25, -0.2) is 4.79 Å². The number of halogens is 3. The Balaban J connectivity index is 0.000000345. The summed E-state index contributed by atoms with van der Waals surface area (Å²) in [5.74, 6) is -1.15. The molecule has 2 aliphatic rings. The van der Waals surface area contributed by atoms with Gasteiger partial charge in [-0.2, -0.15) is 13.2 Å². The van der Waals surface area contributed by atoms with Crippen LogP contribution in [-0.4, -0.2) is 66.4 Å². The topological polar surface area (TPSA) is 91.8 Å². The van der Waals surface area contributed by atoms with Gasteiger partial charge in [0.05, 0.1) is 13.2 Å². The standard InChI is InChI=1S/C16H23N3O2.C2HF3O2/c1-17-16(20)5-13-10-21-11-14-8-19(9-15(13)14)7-12-3-2-4-18-6-12;3-2(4,5)1(6)7/h2-4,6,13-15H,5,7-11H2,1H3,(H,17,20);(H,6,7)/t13-,14-,15+;/m1./s1. The third-order valence-corrected chi connectivity index (χ3v) is 4.93. The number of carbonyl (C=O) groups is 2. The summed E-state index contributed by atoms with van der Waals surface area (Å²) < 4.78 is 37.5. The van der Waals surface area contributed by atoms with Crippen LogP contribution in [0.3, 0.4) is 0 Å². The second-order valence-electron chi connectivity index (χ2n) is 6.96. The molecule has 2 saturated heterocycles. The average molecular weight is 403 g/mol. The molecular weight excluding hydrogens is 379 g/mol. The SMILES string of the molecule is CNC(=O)C[C@@H]1COC[C@H]2CN(Cc3cccnc3)C[C@@H]12.O=C(O)C(F)(F)F. The van der Waals surface area contributed by atoms with E-state index in [1.54, 1.807) is 13.2 Å². The number of ether oxygens (including phenoxy) is 1. The van der Waals surface area contributed by atoms with Crippen molar-refractivity contribution in [3.63, 3.8) is 0 Å². The van der Waals surface area contributed by atoms with Crippen LogP contribution in [0, 0.1) is 17.8 Å². The van der Waals surface area contributed by atoms with Crippen LogP contribution in [0.5, 0.6) is 0 Å². The Morgan fingerprint density at radius 3 is 2.64 bits per heavy atom. The van der Waals surface area contributed by atoms with Crippen molar-refractivity contribution >= 4 is 11.9 Å². The molecule has 10 heteroatoms. The Kier molecular flexibility index (Phi) is 7.76. The van der Waals surface area contributed by atoms with Crippen molar-refractivity contribution in [2.24, 2.45) is 17.8 Å². The third-order valence-electron chi connectivity index (χ3n) is 4.93. The van der Waals surface area contributed by atoms with Crippen LogP contribution in [0.4, 0.5) is 13.2 Å². The highest BCUT2D eigenvalue weighted by molar-refractivity contribution is 5.75. The Morgan fingerprint density at radius 2 is 2.07 bits per heavy atom. The molecule has 0 spiro atoms. The first kappa shape index (κ1) is 22.1. The zero-order valence-electron chi connectivity index (χ0n) is 15.5. The van der Waals surface area contributed by atoms with E-state index in [-0.39, 0.29) is 5.91 Å². The number of nitrogens with one attached hydrogen (secondary N) is 1. The van der Waals surface area contributed by atoms with Gasteiger partial charge in [0.15, 0.2) is 0 Å². The number of carboxylic acid groups (broad SMARTS) is 1. The van der Waals surface area contributed by atoms with Crippen molar-refractivity contribution in [2.75, 3.05) is 33.4 Å². The first-order valence-corrected chi connectivity index (χ1v) is 8.90. The summed E-state index contributed by atoms with van der Waals surface area (Å²) in [5, 5.41) is 9.85. The van der Waals surface area contributed by atoms with Gasteiger partial charge in [-0.1, -0.05) is 6.07 Å². The average Bonchev–Trinajstić information content (AvgIpc) is 3.05. The normalized spacial score (nSPS) is 24.6. The predicted octanol–water partition coefficient (Wildman–Crippen LogP) is 1.55. The van der Waals surface area contributed by atoms with Gasteiger partial charge in [-0.05, 0) is 29.4 Å². The summed E-state index contributed by atoms with van der Waals surface area (Å²) in [5.41, 5.74) is 1.25. The molecule has 3 rings (SSSR count). The largest absolute Gasteiger partial charge is 0.490 e. The summed E-state index contributed by atoms with van der Waals surface area (Å²) in [6.45, 7) is 4.61. The molecule has 3 heterocycles. The van der Waals surface area contributed by atoms with Crippen molar-refractivity contribution in [3.05, 3.63) is 30.1 Å². The van der Waals surface area contributed by atoms with E-state index in [1.165, 1.54) is 5.56 Å². The minimum atomic E-state index is -5.08. The smallest absolute Gasteiger partial charge is 0.475 e. The van der Waals surface area contributed by atoms with E-state index in [9.17, 15) is 18.0 Å². The fourth-order valence-corrected chi connectivity index (χ4v) is 3.62. The first-order valence-electron chi connectivity index (χ1n) is 8.90. The molecule has 0 saturated carbocycles. The van der Waals surface area contributed by atoms with Crippen molar-refractivity contribution in [2.45, 2.75) is 19.1 Å². The van der Waals surface area contributed by atoms with Crippen molar-refractivity contribution in [3.8, 4) is 0 Å². The van der Waals surface area contributed by atoms with Gasteiger partial charge in [0.1, 0.15) is 0 Å². The second kappa shape index (κ2) is 9.83. The van der Waals surface area contributed by atoms with E-state index in [0.29, 0.717) is 24.2 Å². The van der Waals surface area contributed by atoms with Crippen molar-refractivity contribution in [1.82, 2.24) is 15.2 Å². The number of aliphatic carboxylic acids is 1. The van der Waals surface area contributed by atoms with E-state index < -0.39 is 12.1 Å².